The van der Waals surface area contributed by atoms with Crippen LogP contribution in [0.2, 0.25) is 0 Å². The van der Waals surface area contributed by atoms with Gasteiger partial charge in [0.05, 0.1) is 12.8 Å². The molecule has 0 radical (unpaired) electrons. The van der Waals surface area contributed by atoms with Crippen LogP contribution in [0.25, 0.3) is 10.9 Å². The maximum Gasteiger partial charge on any atom is 0.355 e. The summed E-state index contributed by atoms with van der Waals surface area (Å²) < 4.78 is 16.3. The molecule has 6 heteroatoms. The molecule has 4 rings (SSSR count). The number of rotatable bonds is 7. The van der Waals surface area contributed by atoms with Gasteiger partial charge in [0.25, 0.3) is 0 Å². The summed E-state index contributed by atoms with van der Waals surface area (Å²) in [6, 6.07) is 20.5. The molecule has 2 heterocycles. The molecule has 0 saturated heterocycles. The van der Waals surface area contributed by atoms with Crippen LogP contribution < -0.4 is 9.47 Å². The lowest BCUT2D eigenvalue weighted by Gasteiger charge is -2.07. The topological polar surface area (TPSA) is 73.4 Å². The molecule has 0 saturated carbocycles. The van der Waals surface area contributed by atoms with Gasteiger partial charge in [-0.2, -0.15) is 0 Å². The SMILES string of the molecule is COc1ccc2cc(C(=O)OCc3ccc(OCc4ccccn4)cc3)[nH]c2c1. The quantitative estimate of drug-likeness (QED) is 0.472. The summed E-state index contributed by atoms with van der Waals surface area (Å²) in [7, 11) is 1.61. The molecular weight excluding hydrogens is 368 g/mol. The smallest absolute Gasteiger partial charge is 0.355 e. The highest BCUT2D eigenvalue weighted by Gasteiger charge is 2.12. The molecule has 29 heavy (non-hydrogen) atoms. The number of aromatic nitrogens is 2. The van der Waals surface area contributed by atoms with Crippen molar-refractivity contribution in [1.82, 2.24) is 9.97 Å². The number of methoxy groups -OCH3 is 1. The highest BCUT2D eigenvalue weighted by atomic mass is 16.5. The zero-order chi connectivity index (χ0) is 20.1. The fourth-order valence-electron chi connectivity index (χ4n) is 2.89. The molecule has 0 atom stereocenters. The Labute approximate surface area is 168 Å². The van der Waals surface area contributed by atoms with Gasteiger partial charge < -0.3 is 19.2 Å². The van der Waals surface area contributed by atoms with Crippen LogP contribution in [0.15, 0.2) is 72.9 Å². The van der Waals surface area contributed by atoms with E-state index < -0.39 is 5.97 Å². The van der Waals surface area contributed by atoms with Gasteiger partial charge in [0.1, 0.15) is 30.4 Å². The number of hydrogen-bond acceptors (Lipinski definition) is 5. The van der Waals surface area contributed by atoms with E-state index in [1.54, 1.807) is 19.4 Å². The van der Waals surface area contributed by atoms with Gasteiger partial charge in [0.15, 0.2) is 0 Å². The fourth-order valence-corrected chi connectivity index (χ4v) is 2.89. The number of H-pyrrole nitrogens is 1. The highest BCUT2D eigenvalue weighted by molar-refractivity contribution is 5.95. The number of nitrogens with one attached hydrogen (secondary N) is 1. The molecule has 2 aromatic carbocycles. The van der Waals surface area contributed by atoms with Crippen molar-refractivity contribution < 1.29 is 19.0 Å². The molecule has 0 unspecified atom stereocenters. The van der Waals surface area contributed by atoms with Crippen LogP contribution in [0.1, 0.15) is 21.7 Å². The Kier molecular flexibility index (Phi) is 5.42. The van der Waals surface area contributed by atoms with Gasteiger partial charge in [-0.25, -0.2) is 4.79 Å². The van der Waals surface area contributed by atoms with Gasteiger partial charge in [0, 0.05) is 23.2 Å². The largest absolute Gasteiger partial charge is 0.497 e. The predicted molar refractivity (Wildman–Crippen MR) is 109 cm³/mol. The molecule has 2 aromatic heterocycles. The molecule has 0 aliphatic rings. The third-order valence-electron chi connectivity index (χ3n) is 4.46. The average Bonchev–Trinajstić information content (AvgIpc) is 3.21. The standard InChI is InChI=1S/C23H20N2O4/c1-27-20-10-7-17-12-22(25-21(17)13-20)23(26)29-14-16-5-8-19(9-6-16)28-15-18-4-2-3-11-24-18/h2-13,25H,14-15H2,1H3. The van der Waals surface area contributed by atoms with Gasteiger partial charge >= 0.3 is 5.97 Å². The third kappa shape index (κ3) is 4.55. The molecule has 6 nitrogen and oxygen atoms in total. The number of benzene rings is 2. The predicted octanol–water partition coefficient (Wildman–Crippen LogP) is 4.51. The van der Waals surface area contributed by atoms with Gasteiger partial charge in [-0.3, -0.25) is 4.98 Å². The summed E-state index contributed by atoms with van der Waals surface area (Å²) in [5.74, 6) is 1.05. The first-order chi connectivity index (χ1) is 14.2. The fraction of sp³-hybridized carbons (Fsp3) is 0.130. The van der Waals surface area contributed by atoms with E-state index in [1.165, 1.54) is 0 Å². The Morgan fingerprint density at radius 3 is 2.55 bits per heavy atom. The summed E-state index contributed by atoms with van der Waals surface area (Å²) in [6.07, 6.45) is 1.74. The summed E-state index contributed by atoms with van der Waals surface area (Å²) in [4.78, 5) is 19.6. The first-order valence-corrected chi connectivity index (χ1v) is 9.17. The Morgan fingerprint density at radius 1 is 0.966 bits per heavy atom. The molecule has 4 aromatic rings. The minimum absolute atomic E-state index is 0.179. The molecule has 0 fully saturated rings. The van der Waals surface area contributed by atoms with E-state index in [-0.39, 0.29) is 6.61 Å². The molecule has 0 spiro atoms. The number of hydrogen-bond donors (Lipinski definition) is 1. The van der Waals surface area contributed by atoms with Crippen molar-refractivity contribution in [3.05, 3.63) is 89.9 Å². The van der Waals surface area contributed by atoms with Crippen molar-refractivity contribution in [2.24, 2.45) is 0 Å². The highest BCUT2D eigenvalue weighted by Crippen LogP contribution is 2.22. The van der Waals surface area contributed by atoms with Crippen LogP contribution in [-0.2, 0) is 18.0 Å². The number of pyridine rings is 1. The van der Waals surface area contributed by atoms with Crippen LogP contribution in [0.5, 0.6) is 11.5 Å². The Hall–Kier alpha value is -3.80. The lowest BCUT2D eigenvalue weighted by molar-refractivity contribution is 0.0467. The van der Waals surface area contributed by atoms with Crippen LogP contribution in [0, 0.1) is 0 Å². The van der Waals surface area contributed by atoms with Crippen molar-refractivity contribution in [2.75, 3.05) is 7.11 Å². The number of carbonyl (C=O) groups is 1. The average molecular weight is 388 g/mol. The number of nitrogens with zero attached hydrogens (tertiary/aromatic N) is 1. The second-order valence-corrected chi connectivity index (χ2v) is 6.47. The summed E-state index contributed by atoms with van der Waals surface area (Å²) in [5.41, 5.74) is 2.97. The zero-order valence-corrected chi connectivity index (χ0v) is 15.9. The van der Waals surface area contributed by atoms with E-state index in [2.05, 4.69) is 9.97 Å². The molecule has 0 aliphatic carbocycles. The number of aromatic amines is 1. The monoisotopic (exact) mass is 388 g/mol. The Bertz CT molecular complexity index is 1100. The van der Waals surface area contributed by atoms with Gasteiger partial charge in [0.2, 0.25) is 0 Å². The number of esters is 1. The van der Waals surface area contributed by atoms with Crippen molar-refractivity contribution >= 4 is 16.9 Å². The summed E-state index contributed by atoms with van der Waals surface area (Å²) >= 11 is 0. The van der Waals surface area contributed by atoms with Gasteiger partial charge in [-0.15, -0.1) is 0 Å². The summed E-state index contributed by atoms with van der Waals surface area (Å²) in [6.45, 7) is 0.582. The zero-order valence-electron chi connectivity index (χ0n) is 15.9. The van der Waals surface area contributed by atoms with Crippen LogP contribution in [-0.4, -0.2) is 23.0 Å². The number of fused-ring (bicyclic) bond motifs is 1. The van der Waals surface area contributed by atoms with Crippen LogP contribution in [0.4, 0.5) is 0 Å². The number of carbonyl (C=O) groups excluding carboxylic acids is 1. The maximum absolute atomic E-state index is 12.4. The van der Waals surface area contributed by atoms with Crippen molar-refractivity contribution in [3.8, 4) is 11.5 Å². The molecule has 1 N–H and O–H groups in total. The lowest BCUT2D eigenvalue weighted by atomic mass is 10.2. The van der Waals surface area contributed by atoms with E-state index in [0.29, 0.717) is 12.3 Å². The molecule has 0 amide bonds. The minimum Gasteiger partial charge on any atom is -0.497 e. The Balaban J connectivity index is 1.33. The Morgan fingerprint density at radius 2 is 1.79 bits per heavy atom. The van der Waals surface area contributed by atoms with E-state index in [4.69, 9.17) is 14.2 Å². The van der Waals surface area contributed by atoms with E-state index in [1.807, 2.05) is 60.7 Å². The normalized spacial score (nSPS) is 10.7. The number of ether oxygens (including phenoxy) is 3. The molecule has 146 valence electrons. The van der Waals surface area contributed by atoms with E-state index in [9.17, 15) is 4.79 Å². The molecule has 0 bridgehead atoms. The van der Waals surface area contributed by atoms with Crippen molar-refractivity contribution in [3.63, 3.8) is 0 Å². The second-order valence-electron chi connectivity index (χ2n) is 6.47. The van der Waals surface area contributed by atoms with Gasteiger partial charge in [-0.1, -0.05) is 18.2 Å². The first kappa shape index (κ1) is 18.6. The second kappa shape index (κ2) is 8.48. The lowest BCUT2D eigenvalue weighted by Crippen LogP contribution is -2.05. The van der Waals surface area contributed by atoms with E-state index in [0.717, 1.165) is 33.7 Å². The van der Waals surface area contributed by atoms with Crippen LogP contribution in [0.3, 0.4) is 0 Å². The molecular formula is C23H20N2O4. The van der Waals surface area contributed by atoms with Crippen molar-refractivity contribution in [2.45, 2.75) is 13.2 Å². The van der Waals surface area contributed by atoms with Crippen LogP contribution >= 0.6 is 0 Å². The van der Waals surface area contributed by atoms with E-state index >= 15 is 0 Å². The molecule has 0 aliphatic heterocycles. The maximum atomic E-state index is 12.4. The van der Waals surface area contributed by atoms with Crippen molar-refractivity contribution in [1.29, 1.82) is 0 Å². The van der Waals surface area contributed by atoms with Gasteiger partial charge in [-0.05, 0) is 48.0 Å². The third-order valence-corrected chi connectivity index (χ3v) is 4.46. The minimum atomic E-state index is -0.407. The first-order valence-electron chi connectivity index (χ1n) is 9.17. The summed E-state index contributed by atoms with van der Waals surface area (Å²) in [5, 5.41) is 0.923.